The molecule has 1 saturated heterocycles. The average Bonchev–Trinajstić information content (AvgIpc) is 3.06. The minimum Gasteiger partial charge on any atom is -0.507 e. The molecule has 1 aliphatic heterocycles. The Labute approximate surface area is 179 Å². The first kappa shape index (κ1) is 20.3. The van der Waals surface area contributed by atoms with E-state index in [0.29, 0.717) is 23.5 Å². The van der Waals surface area contributed by atoms with Crippen LogP contribution in [-0.2, 0) is 9.59 Å². The van der Waals surface area contributed by atoms with Crippen molar-refractivity contribution in [2.75, 3.05) is 11.5 Å². The number of ether oxygens (including phenoxy) is 1. The lowest BCUT2D eigenvalue weighted by Crippen LogP contribution is -2.31. The summed E-state index contributed by atoms with van der Waals surface area (Å²) in [5.41, 5.74) is 2.10. The number of Topliss-reactive ketones (excluding diaryl/α,β-unsaturated/α-hetero) is 1. The van der Waals surface area contributed by atoms with Crippen LogP contribution in [-0.4, -0.2) is 33.4 Å². The first-order valence-corrected chi connectivity index (χ1v) is 9.89. The molecule has 0 radical (unpaired) electrons. The summed E-state index contributed by atoms with van der Waals surface area (Å²) in [5, 5.41) is 11.1. The van der Waals surface area contributed by atoms with E-state index in [0.717, 1.165) is 5.56 Å². The first-order valence-electron chi connectivity index (χ1n) is 9.89. The van der Waals surface area contributed by atoms with Gasteiger partial charge in [0.15, 0.2) is 0 Å². The number of amides is 1. The van der Waals surface area contributed by atoms with Gasteiger partial charge >= 0.3 is 5.91 Å². The molecule has 0 saturated carbocycles. The number of hydrogen-bond donors (Lipinski definition) is 1. The van der Waals surface area contributed by atoms with Crippen molar-refractivity contribution in [3.8, 4) is 5.75 Å². The van der Waals surface area contributed by atoms with Gasteiger partial charge in [-0.3, -0.25) is 14.5 Å². The van der Waals surface area contributed by atoms with Gasteiger partial charge in [0.1, 0.15) is 11.5 Å². The zero-order chi connectivity index (χ0) is 22.0. The van der Waals surface area contributed by atoms with Crippen molar-refractivity contribution in [1.82, 2.24) is 9.97 Å². The first-order chi connectivity index (χ1) is 15.0. The normalized spacial score (nSPS) is 17.7. The van der Waals surface area contributed by atoms with E-state index in [4.69, 9.17) is 4.74 Å². The lowest BCUT2D eigenvalue weighted by Gasteiger charge is -2.23. The van der Waals surface area contributed by atoms with E-state index in [1.807, 2.05) is 38.1 Å². The fourth-order valence-electron chi connectivity index (χ4n) is 3.55. The molecule has 1 N–H and O–H groups in total. The lowest BCUT2D eigenvalue weighted by atomic mass is 9.95. The summed E-state index contributed by atoms with van der Waals surface area (Å²) in [4.78, 5) is 35.6. The molecule has 156 valence electrons. The van der Waals surface area contributed by atoms with Crippen molar-refractivity contribution in [2.45, 2.75) is 19.9 Å². The number of anilines is 1. The highest BCUT2D eigenvalue weighted by Crippen LogP contribution is 2.41. The van der Waals surface area contributed by atoms with Gasteiger partial charge in [-0.15, -0.1) is 0 Å². The SMILES string of the molecule is CCOc1ccc(/C(O)=C2\C(=O)C(=O)N(c3ncccn3)[C@@H]2c2ccc(C)cc2)cc1. The molecule has 4 rings (SSSR count). The fraction of sp³-hybridized carbons (Fsp3) is 0.167. The Morgan fingerprint density at radius 3 is 2.29 bits per heavy atom. The van der Waals surface area contributed by atoms with Crippen molar-refractivity contribution >= 4 is 23.4 Å². The van der Waals surface area contributed by atoms with Crippen LogP contribution >= 0.6 is 0 Å². The molecule has 1 aliphatic rings. The summed E-state index contributed by atoms with van der Waals surface area (Å²) in [6.07, 6.45) is 3.00. The van der Waals surface area contributed by atoms with Gasteiger partial charge in [-0.1, -0.05) is 29.8 Å². The van der Waals surface area contributed by atoms with Crippen LogP contribution in [0.4, 0.5) is 5.95 Å². The minimum atomic E-state index is -0.852. The molecule has 1 amide bonds. The Morgan fingerprint density at radius 1 is 1.03 bits per heavy atom. The number of aliphatic hydroxyl groups is 1. The number of carbonyl (C=O) groups is 2. The Morgan fingerprint density at radius 2 is 1.68 bits per heavy atom. The molecular weight excluding hydrogens is 394 g/mol. The maximum Gasteiger partial charge on any atom is 0.302 e. The smallest absolute Gasteiger partial charge is 0.302 e. The van der Waals surface area contributed by atoms with Gasteiger partial charge in [0.2, 0.25) is 5.95 Å². The molecule has 1 aromatic heterocycles. The largest absolute Gasteiger partial charge is 0.507 e. The highest BCUT2D eigenvalue weighted by molar-refractivity contribution is 6.51. The third-order valence-corrected chi connectivity index (χ3v) is 5.04. The van der Waals surface area contributed by atoms with Crippen LogP contribution in [0.1, 0.15) is 29.7 Å². The van der Waals surface area contributed by atoms with Crippen LogP contribution < -0.4 is 9.64 Å². The monoisotopic (exact) mass is 415 g/mol. The standard InChI is InChI=1S/C24H21N3O4/c1-3-31-18-11-9-17(10-12-18)21(28)19-20(16-7-5-15(2)6-8-16)27(23(30)22(19)29)24-25-13-4-14-26-24/h4-14,20,28H,3H2,1-2H3/b21-19+/t20-/m1/s1. The summed E-state index contributed by atoms with van der Waals surface area (Å²) >= 11 is 0. The van der Waals surface area contributed by atoms with Gasteiger partial charge in [0.05, 0.1) is 18.2 Å². The molecule has 0 spiro atoms. The van der Waals surface area contributed by atoms with Crippen molar-refractivity contribution < 1.29 is 19.4 Å². The minimum absolute atomic E-state index is 0.00883. The number of nitrogens with zero attached hydrogens (tertiary/aromatic N) is 3. The summed E-state index contributed by atoms with van der Waals surface area (Å²) < 4.78 is 5.44. The van der Waals surface area contributed by atoms with Crippen LogP contribution in [0.15, 0.2) is 72.6 Å². The quantitative estimate of drug-likeness (QED) is 0.387. The molecule has 2 heterocycles. The Balaban J connectivity index is 1.88. The Bertz CT molecular complexity index is 1140. The second-order valence-corrected chi connectivity index (χ2v) is 7.09. The van der Waals surface area contributed by atoms with Crippen LogP contribution in [0, 0.1) is 6.92 Å². The number of carbonyl (C=O) groups excluding carboxylic acids is 2. The topological polar surface area (TPSA) is 92.6 Å². The van der Waals surface area contributed by atoms with E-state index >= 15 is 0 Å². The number of benzene rings is 2. The van der Waals surface area contributed by atoms with E-state index in [2.05, 4.69) is 9.97 Å². The highest BCUT2D eigenvalue weighted by Gasteiger charge is 2.48. The van der Waals surface area contributed by atoms with Gasteiger partial charge in [-0.25, -0.2) is 9.97 Å². The van der Waals surface area contributed by atoms with Crippen molar-refractivity contribution in [3.05, 3.63) is 89.3 Å². The molecule has 1 atom stereocenters. The molecular formula is C24H21N3O4. The molecule has 0 unspecified atom stereocenters. The van der Waals surface area contributed by atoms with E-state index in [1.54, 1.807) is 30.3 Å². The van der Waals surface area contributed by atoms with Crippen LogP contribution in [0.25, 0.3) is 5.76 Å². The van der Waals surface area contributed by atoms with Gasteiger partial charge in [0.25, 0.3) is 5.78 Å². The van der Waals surface area contributed by atoms with E-state index < -0.39 is 17.7 Å². The maximum absolute atomic E-state index is 13.0. The molecule has 0 aliphatic carbocycles. The molecule has 31 heavy (non-hydrogen) atoms. The summed E-state index contributed by atoms with van der Waals surface area (Å²) in [6, 6.07) is 14.9. The number of aryl methyl sites for hydroxylation is 1. The van der Waals surface area contributed by atoms with E-state index in [-0.39, 0.29) is 17.3 Å². The fourth-order valence-corrected chi connectivity index (χ4v) is 3.55. The molecule has 7 nitrogen and oxygen atoms in total. The zero-order valence-electron chi connectivity index (χ0n) is 17.1. The van der Waals surface area contributed by atoms with Crippen molar-refractivity contribution in [3.63, 3.8) is 0 Å². The van der Waals surface area contributed by atoms with Crippen molar-refractivity contribution in [2.24, 2.45) is 0 Å². The maximum atomic E-state index is 13.0. The second kappa shape index (κ2) is 8.39. The van der Waals surface area contributed by atoms with E-state index in [1.165, 1.54) is 17.3 Å². The number of rotatable bonds is 5. The third kappa shape index (κ3) is 3.77. The molecule has 1 fully saturated rings. The second-order valence-electron chi connectivity index (χ2n) is 7.09. The van der Waals surface area contributed by atoms with Crippen LogP contribution in [0.5, 0.6) is 5.75 Å². The number of aromatic nitrogens is 2. The average molecular weight is 415 g/mol. The summed E-state index contributed by atoms with van der Waals surface area (Å²) in [6.45, 7) is 4.34. The number of aliphatic hydroxyl groups excluding tert-OH is 1. The molecule has 2 aromatic carbocycles. The lowest BCUT2D eigenvalue weighted by molar-refractivity contribution is -0.132. The molecule has 0 bridgehead atoms. The van der Waals surface area contributed by atoms with Gasteiger partial charge < -0.3 is 9.84 Å². The summed E-state index contributed by atoms with van der Waals surface area (Å²) in [5.74, 6) is -1.09. The predicted molar refractivity (Wildman–Crippen MR) is 116 cm³/mol. The van der Waals surface area contributed by atoms with Crippen molar-refractivity contribution in [1.29, 1.82) is 0 Å². The number of ketones is 1. The van der Waals surface area contributed by atoms with E-state index in [9.17, 15) is 14.7 Å². The Kier molecular flexibility index (Phi) is 5.49. The van der Waals surface area contributed by atoms with Gasteiger partial charge in [0, 0.05) is 18.0 Å². The Hall–Kier alpha value is -4.00. The predicted octanol–water partition coefficient (Wildman–Crippen LogP) is 3.81. The van der Waals surface area contributed by atoms with Crippen LogP contribution in [0.2, 0.25) is 0 Å². The van der Waals surface area contributed by atoms with Crippen LogP contribution in [0.3, 0.4) is 0 Å². The summed E-state index contributed by atoms with van der Waals surface area (Å²) in [7, 11) is 0. The highest BCUT2D eigenvalue weighted by atomic mass is 16.5. The zero-order valence-corrected chi connectivity index (χ0v) is 17.1. The molecule has 7 heteroatoms. The van der Waals surface area contributed by atoms with Gasteiger partial charge in [-0.2, -0.15) is 0 Å². The third-order valence-electron chi connectivity index (χ3n) is 5.04. The van der Waals surface area contributed by atoms with Gasteiger partial charge in [-0.05, 0) is 49.7 Å². The number of hydrogen-bond acceptors (Lipinski definition) is 6. The molecule has 3 aromatic rings.